The summed E-state index contributed by atoms with van der Waals surface area (Å²) in [7, 11) is 0. The molecule has 22 nitrogen and oxygen atoms in total. The van der Waals surface area contributed by atoms with Gasteiger partial charge in [0.25, 0.3) is 0 Å². The maximum Gasteiger partial charge on any atom is 4.00 e. The molecule has 0 radical (unpaired) electrons. The van der Waals surface area contributed by atoms with Crippen LogP contribution in [-0.2, 0) is 0 Å². The summed E-state index contributed by atoms with van der Waals surface area (Å²) in [6, 6.07) is 0. The zero-order valence-corrected chi connectivity index (χ0v) is 14.4. The van der Waals surface area contributed by atoms with Crippen LogP contribution in [0.1, 0.15) is 0 Å². The van der Waals surface area contributed by atoms with Crippen LogP contribution in [0.5, 0.6) is 0 Å². The fraction of sp³-hybridized carbons (Fsp3) is 0. The van der Waals surface area contributed by atoms with E-state index in [-0.39, 0.29) is 58.8 Å². The average Bonchev–Trinajstić information content (AvgIpc) is 1.94. The molecule has 0 aliphatic carbocycles. The van der Waals surface area contributed by atoms with Crippen LogP contribution >= 0.6 is 0 Å². The van der Waals surface area contributed by atoms with Crippen LogP contribution in [0.2, 0.25) is 0 Å². The van der Waals surface area contributed by atoms with Crippen molar-refractivity contribution in [1.82, 2.24) is 12.3 Å². The zero-order valence-electron chi connectivity index (χ0n) is 11.2. The normalized spacial score (nSPS) is 5.00. The molecule has 0 fully saturated rings. The van der Waals surface area contributed by atoms with Crippen molar-refractivity contribution < 1.29 is 71.9 Å². The van der Waals surface area contributed by atoms with Gasteiger partial charge in [0.1, 0.15) is 0 Å². The average molecular weight is 505 g/mol. The first-order valence-corrected chi connectivity index (χ1v) is 2.74. The molecule has 0 aromatic carbocycles. The predicted octanol–water partition coefficient (Wildman–Crippen LogP) is -3.44. The molecule has 24 heavy (non-hydrogen) atoms. The van der Waals surface area contributed by atoms with Gasteiger partial charge in [0.05, 0.1) is 25.4 Å². The van der Waals surface area contributed by atoms with E-state index in [2.05, 4.69) is 0 Å². The van der Waals surface area contributed by atoms with Gasteiger partial charge in [-0.05, 0) is 0 Å². The number of hydrogen-bond donors (Lipinski definition) is 2. The van der Waals surface area contributed by atoms with Gasteiger partial charge in [0.15, 0.2) is 0 Å². The summed E-state index contributed by atoms with van der Waals surface area (Å²) in [5.74, 6) is 0. The Labute approximate surface area is 160 Å². The number of nitrogens with zero attached hydrogens (tertiary/aromatic N) is 5. The minimum absolute atomic E-state index is 0. The van der Waals surface area contributed by atoms with Gasteiger partial charge in [0.2, 0.25) is 0 Å². The number of hydrogen-bond acceptors (Lipinski definition) is 15. The van der Waals surface area contributed by atoms with Gasteiger partial charge in [-0.2, -0.15) is 0 Å². The molecular weight excluding hydrogens is 497 g/mol. The predicted molar refractivity (Wildman–Crippen MR) is 63.8 cm³/mol. The molecule has 0 aliphatic rings. The second-order valence-corrected chi connectivity index (χ2v) is 1.12. The molecule has 0 unspecified atom stereocenters. The van der Waals surface area contributed by atoms with Crippen LogP contribution in [0.4, 0.5) is 0 Å². The molecule has 144 valence electrons. The van der Waals surface area contributed by atoms with Crippen molar-refractivity contribution in [3.8, 4) is 0 Å². The molecule has 0 bridgehead atoms. The topological polar surface area (TPSA) is 404 Å². The molecule has 0 saturated heterocycles. The van der Waals surface area contributed by atoms with Gasteiger partial charge in [-0.25, -0.2) is 0 Å². The van der Waals surface area contributed by atoms with Crippen LogP contribution in [0.25, 0.3) is 0 Å². The van der Waals surface area contributed by atoms with Crippen molar-refractivity contribution in [2.24, 2.45) is 0 Å². The molecule has 8 N–H and O–H groups in total. The Bertz CT molecular complexity index is 217. The summed E-state index contributed by atoms with van der Waals surface area (Å²) < 4.78 is 0. The molecule has 0 spiro atoms. The Balaban J connectivity index is -0.0000000161. The van der Waals surface area contributed by atoms with E-state index in [1.54, 1.807) is 0 Å². The summed E-state index contributed by atoms with van der Waals surface area (Å²) in [6.07, 6.45) is 0. The minimum atomic E-state index is -1.75. The van der Waals surface area contributed by atoms with Crippen molar-refractivity contribution in [1.29, 1.82) is 0 Å². The molecule has 0 aromatic heterocycles. The van der Waals surface area contributed by atoms with Crippen LogP contribution in [0.3, 0.4) is 0 Å². The molecule has 0 aromatic rings. The Morgan fingerprint density at radius 1 is 0.375 bits per heavy atom. The third-order valence-corrected chi connectivity index (χ3v) is 0. The first kappa shape index (κ1) is 58.1. The fourth-order valence-electron chi connectivity index (χ4n) is 0. The smallest absolute Gasteiger partial charge is 1.00 e. The van der Waals surface area contributed by atoms with Crippen molar-refractivity contribution in [2.45, 2.75) is 0 Å². The second kappa shape index (κ2) is 50.0. The maximum atomic E-state index is 8.25. The Morgan fingerprint density at radius 2 is 0.375 bits per heavy atom. The van der Waals surface area contributed by atoms with E-state index < -0.39 is 25.4 Å². The fourth-order valence-corrected chi connectivity index (χ4v) is 0. The van der Waals surface area contributed by atoms with E-state index in [1.165, 1.54) is 0 Å². The van der Waals surface area contributed by atoms with E-state index in [4.69, 9.17) is 76.6 Å². The quantitative estimate of drug-likeness (QED) is 0.239. The van der Waals surface area contributed by atoms with Gasteiger partial charge < -0.3 is 93.6 Å². The van der Waals surface area contributed by atoms with E-state index in [9.17, 15) is 0 Å². The monoisotopic (exact) mass is 505 g/mol. The van der Waals surface area contributed by atoms with E-state index in [1.807, 2.05) is 0 Å². The third-order valence-electron chi connectivity index (χ3n) is 0. The summed E-state index contributed by atoms with van der Waals surface area (Å²) in [5, 5.41) is 73.8. The van der Waals surface area contributed by atoms with E-state index in [0.717, 1.165) is 0 Å². The Kier molecular flexibility index (Phi) is 121. The van der Waals surface area contributed by atoms with E-state index in [0.29, 0.717) is 0 Å². The molecule has 0 rings (SSSR count). The zero-order chi connectivity index (χ0) is 17.9. The molecule has 0 atom stereocenters. The number of halogens is 1. The van der Waals surface area contributed by atoms with Crippen LogP contribution in [-0.4, -0.2) is 25.4 Å². The van der Waals surface area contributed by atoms with Gasteiger partial charge in [-0.1, -0.05) is 0 Å². The maximum absolute atomic E-state index is 8.25. The molecule has 0 amide bonds. The van der Waals surface area contributed by atoms with Crippen molar-refractivity contribution in [3.05, 3.63) is 76.6 Å². The summed E-state index contributed by atoms with van der Waals surface area (Å²) in [5.41, 5.74) is 0. The molecule has 0 saturated carbocycles. The Hall–Kier alpha value is -2.77. The molecule has 0 heterocycles. The number of rotatable bonds is 0. The van der Waals surface area contributed by atoms with Crippen molar-refractivity contribution >= 4 is 0 Å². The number of quaternary nitrogens is 2. The van der Waals surface area contributed by atoms with Gasteiger partial charge in [0, 0.05) is 0 Å². The van der Waals surface area contributed by atoms with Gasteiger partial charge in [-0.3, -0.25) is 0 Å². The van der Waals surface area contributed by atoms with Crippen LogP contribution < -0.4 is 17.0 Å². The van der Waals surface area contributed by atoms with Crippen LogP contribution in [0, 0.1) is 118 Å². The largest absolute Gasteiger partial charge is 4.00 e. The molecule has 0 aliphatic heterocycles. The van der Waals surface area contributed by atoms with E-state index >= 15 is 0 Å². The first-order chi connectivity index (χ1) is 8.66. The summed E-state index contributed by atoms with van der Waals surface area (Å²) in [4.78, 5) is 41.2. The van der Waals surface area contributed by atoms with Gasteiger partial charge in [-0.15, -0.1) is 0 Å². The summed E-state index contributed by atoms with van der Waals surface area (Å²) in [6.45, 7) is 0. The Morgan fingerprint density at radius 3 is 0.375 bits per heavy atom. The second-order valence-electron chi connectivity index (χ2n) is 1.12. The van der Waals surface area contributed by atoms with Gasteiger partial charge >= 0.3 is 41.7 Å². The van der Waals surface area contributed by atoms with Crippen LogP contribution in [0.15, 0.2) is 0 Å². The molecular formula is H8CeFN7O15. The summed E-state index contributed by atoms with van der Waals surface area (Å²) >= 11 is 0. The minimum Gasteiger partial charge on any atom is -1.00 e. The molecule has 24 heteroatoms. The SMILES string of the molecule is O=[N+]([O-])[O-].O=[N+]([O-])[O-].O=[N+]([O-])[O-].O=[N+]([O-])[O-].O=[N+]([O-])[O-].[Ce+4].[F-].[NH4+].[NH4+]. The van der Waals surface area contributed by atoms with Crippen molar-refractivity contribution in [3.63, 3.8) is 0 Å². The first-order valence-electron chi connectivity index (χ1n) is 2.74. The standard InChI is InChI=1S/Ce.FH.5NO3.2H3N/c;;5*2-1(3)4;;/h;1H;;;;;;2*1H3/q+4;;5*-1;;/p+1. The third kappa shape index (κ3) is 830. The van der Waals surface area contributed by atoms with Crippen molar-refractivity contribution in [2.75, 3.05) is 0 Å².